The summed E-state index contributed by atoms with van der Waals surface area (Å²) in [4.78, 5) is 38.9. The van der Waals surface area contributed by atoms with Gasteiger partial charge in [-0.2, -0.15) is 0 Å². The number of benzene rings is 3. The number of fused-ring (bicyclic) bond motifs is 1. The molecular weight excluding hydrogens is 366 g/mol. The van der Waals surface area contributed by atoms with Crippen molar-refractivity contribution in [1.82, 2.24) is 10.3 Å². The zero-order chi connectivity index (χ0) is 20.4. The highest BCUT2D eigenvalue weighted by Crippen LogP contribution is 2.24. The number of carbonyl (C=O) groups is 3. The van der Waals surface area contributed by atoms with E-state index in [4.69, 9.17) is 0 Å². The first kappa shape index (κ1) is 18.4. The van der Waals surface area contributed by atoms with E-state index in [2.05, 4.69) is 5.43 Å². The fraction of sp³-hybridized carbons (Fsp3) is 0.0870. The molecule has 6 heteroatoms. The topological polar surface area (TPSA) is 69.7 Å². The van der Waals surface area contributed by atoms with Gasteiger partial charge in [0.2, 0.25) is 0 Å². The highest BCUT2D eigenvalue weighted by Gasteiger charge is 2.34. The van der Waals surface area contributed by atoms with E-state index in [1.165, 1.54) is 4.90 Å². The van der Waals surface area contributed by atoms with Crippen LogP contribution in [0.5, 0.6) is 0 Å². The average molecular weight is 385 g/mol. The van der Waals surface area contributed by atoms with Crippen molar-refractivity contribution in [3.63, 3.8) is 0 Å². The molecule has 3 amide bonds. The van der Waals surface area contributed by atoms with Crippen LogP contribution in [0.15, 0.2) is 78.9 Å². The van der Waals surface area contributed by atoms with Gasteiger partial charge in [0.05, 0.1) is 23.4 Å². The fourth-order valence-electron chi connectivity index (χ4n) is 3.31. The molecule has 0 atom stereocenters. The molecule has 1 aliphatic heterocycles. The van der Waals surface area contributed by atoms with E-state index < -0.39 is 0 Å². The number of rotatable bonds is 5. The molecule has 0 aliphatic carbocycles. The number of hydrazine groups is 1. The predicted octanol–water partition coefficient (Wildman–Crippen LogP) is 3.26. The lowest BCUT2D eigenvalue weighted by Crippen LogP contribution is -2.39. The van der Waals surface area contributed by atoms with Gasteiger partial charge in [0.25, 0.3) is 17.7 Å². The van der Waals surface area contributed by atoms with E-state index in [9.17, 15) is 14.4 Å². The molecule has 0 unspecified atom stereocenters. The molecular formula is C23H19N3O3. The van der Waals surface area contributed by atoms with Crippen LogP contribution < -0.4 is 10.4 Å². The second-order valence-corrected chi connectivity index (χ2v) is 6.78. The van der Waals surface area contributed by atoms with Gasteiger partial charge in [-0.3, -0.25) is 29.7 Å². The van der Waals surface area contributed by atoms with Gasteiger partial charge in [0, 0.05) is 12.6 Å². The maximum Gasteiger partial charge on any atom is 0.269 e. The Labute approximate surface area is 168 Å². The van der Waals surface area contributed by atoms with Gasteiger partial charge in [-0.05, 0) is 42.0 Å². The van der Waals surface area contributed by atoms with Crippen molar-refractivity contribution in [3.8, 4) is 0 Å². The van der Waals surface area contributed by atoms with Gasteiger partial charge in [-0.15, -0.1) is 0 Å². The number of nitrogens with one attached hydrogen (secondary N) is 1. The minimum absolute atomic E-state index is 0.113. The first-order valence-electron chi connectivity index (χ1n) is 9.18. The van der Waals surface area contributed by atoms with Crippen molar-refractivity contribution in [2.45, 2.75) is 6.54 Å². The number of para-hydroxylation sites is 1. The van der Waals surface area contributed by atoms with Crippen molar-refractivity contribution < 1.29 is 14.4 Å². The van der Waals surface area contributed by atoms with Crippen LogP contribution in [-0.2, 0) is 6.54 Å². The van der Waals surface area contributed by atoms with Crippen molar-refractivity contribution in [3.05, 3.63) is 101 Å². The molecule has 0 fully saturated rings. The van der Waals surface area contributed by atoms with Crippen molar-refractivity contribution in [2.75, 3.05) is 12.1 Å². The number of hydrogen-bond acceptors (Lipinski definition) is 4. The fourth-order valence-corrected chi connectivity index (χ4v) is 3.31. The van der Waals surface area contributed by atoms with Gasteiger partial charge in [0.1, 0.15) is 0 Å². The number of anilines is 1. The monoisotopic (exact) mass is 385 g/mol. The minimum Gasteiger partial charge on any atom is -0.288 e. The lowest BCUT2D eigenvalue weighted by molar-refractivity contribution is 0.0642. The molecule has 1 N–H and O–H groups in total. The quantitative estimate of drug-likeness (QED) is 0.541. The number of amides is 3. The second-order valence-electron chi connectivity index (χ2n) is 6.78. The van der Waals surface area contributed by atoms with E-state index in [0.717, 1.165) is 5.69 Å². The molecule has 144 valence electrons. The molecule has 0 bridgehead atoms. The highest BCUT2D eigenvalue weighted by atomic mass is 16.2. The maximum atomic E-state index is 12.6. The number of hydrogen-bond donors (Lipinski definition) is 1. The summed E-state index contributed by atoms with van der Waals surface area (Å²) in [6.07, 6.45) is 0. The van der Waals surface area contributed by atoms with Gasteiger partial charge >= 0.3 is 0 Å². The van der Waals surface area contributed by atoms with E-state index in [-0.39, 0.29) is 24.3 Å². The largest absolute Gasteiger partial charge is 0.288 e. The Morgan fingerprint density at radius 3 is 2.14 bits per heavy atom. The van der Waals surface area contributed by atoms with Gasteiger partial charge in [-0.25, -0.2) is 0 Å². The smallest absolute Gasteiger partial charge is 0.269 e. The average Bonchev–Trinajstić information content (AvgIpc) is 2.99. The van der Waals surface area contributed by atoms with Crippen LogP contribution in [0.25, 0.3) is 0 Å². The molecule has 0 aromatic heterocycles. The standard InChI is InChI=1S/C23H19N3O3/c1-25(18-10-3-2-4-11-18)24-21(27)17-9-7-8-16(14-17)15-26-22(28)19-12-5-6-13-20(19)23(26)29/h2-14H,15H2,1H3,(H,24,27). The Hall–Kier alpha value is -3.93. The number of nitrogens with zero attached hydrogens (tertiary/aromatic N) is 2. The Balaban J connectivity index is 1.49. The molecule has 29 heavy (non-hydrogen) atoms. The summed E-state index contributed by atoms with van der Waals surface area (Å²) in [6.45, 7) is 0.113. The van der Waals surface area contributed by atoms with Gasteiger partial charge < -0.3 is 0 Å². The van der Waals surface area contributed by atoms with Crippen molar-refractivity contribution in [1.29, 1.82) is 0 Å². The molecule has 1 aliphatic rings. The van der Waals surface area contributed by atoms with E-state index >= 15 is 0 Å². The van der Waals surface area contributed by atoms with Crippen LogP contribution in [-0.4, -0.2) is 29.7 Å². The SMILES string of the molecule is CN(NC(=O)c1cccc(CN2C(=O)c3ccccc3C2=O)c1)c1ccccc1. The van der Waals surface area contributed by atoms with Crippen LogP contribution in [0.3, 0.4) is 0 Å². The summed E-state index contributed by atoms with van der Waals surface area (Å²) >= 11 is 0. The summed E-state index contributed by atoms with van der Waals surface area (Å²) in [5.74, 6) is -0.908. The zero-order valence-corrected chi connectivity index (χ0v) is 15.8. The predicted molar refractivity (Wildman–Crippen MR) is 109 cm³/mol. The van der Waals surface area contributed by atoms with Crippen LogP contribution in [0.4, 0.5) is 5.69 Å². The summed E-state index contributed by atoms with van der Waals surface area (Å²) < 4.78 is 0. The molecule has 1 heterocycles. The summed E-state index contributed by atoms with van der Waals surface area (Å²) in [5.41, 5.74) is 5.64. The Morgan fingerprint density at radius 2 is 1.48 bits per heavy atom. The van der Waals surface area contributed by atoms with Crippen LogP contribution in [0.1, 0.15) is 36.6 Å². The lowest BCUT2D eigenvalue weighted by Gasteiger charge is -2.20. The lowest BCUT2D eigenvalue weighted by atomic mass is 10.1. The molecule has 0 saturated heterocycles. The van der Waals surface area contributed by atoms with Crippen LogP contribution >= 0.6 is 0 Å². The number of imide groups is 1. The molecule has 0 radical (unpaired) electrons. The van der Waals surface area contributed by atoms with E-state index in [1.807, 2.05) is 30.3 Å². The third kappa shape index (κ3) is 3.60. The third-order valence-electron chi connectivity index (χ3n) is 4.82. The molecule has 0 spiro atoms. The first-order valence-corrected chi connectivity index (χ1v) is 9.18. The highest BCUT2D eigenvalue weighted by molar-refractivity contribution is 6.21. The Kier molecular flexibility index (Phi) is 4.83. The molecule has 0 saturated carbocycles. The molecule has 6 nitrogen and oxygen atoms in total. The van der Waals surface area contributed by atoms with Gasteiger partial charge in [-0.1, -0.05) is 42.5 Å². The molecule has 3 aromatic carbocycles. The maximum absolute atomic E-state index is 12.6. The summed E-state index contributed by atoms with van der Waals surface area (Å²) in [6, 6.07) is 23.2. The first-order chi connectivity index (χ1) is 14.0. The summed E-state index contributed by atoms with van der Waals surface area (Å²) in [5, 5.41) is 1.64. The normalized spacial score (nSPS) is 12.7. The Morgan fingerprint density at radius 1 is 0.862 bits per heavy atom. The summed E-state index contributed by atoms with van der Waals surface area (Å²) in [7, 11) is 1.76. The van der Waals surface area contributed by atoms with Crippen molar-refractivity contribution >= 4 is 23.4 Å². The van der Waals surface area contributed by atoms with E-state index in [0.29, 0.717) is 22.3 Å². The molecule has 3 aromatic rings. The zero-order valence-electron chi connectivity index (χ0n) is 15.8. The van der Waals surface area contributed by atoms with Crippen molar-refractivity contribution in [2.24, 2.45) is 0 Å². The molecule has 4 rings (SSSR count). The minimum atomic E-state index is -0.315. The van der Waals surface area contributed by atoms with Crippen LogP contribution in [0.2, 0.25) is 0 Å². The Bertz CT molecular complexity index is 1060. The van der Waals surface area contributed by atoms with Crippen LogP contribution in [0, 0.1) is 0 Å². The third-order valence-corrected chi connectivity index (χ3v) is 4.82. The second kappa shape index (κ2) is 7.59. The van der Waals surface area contributed by atoms with E-state index in [1.54, 1.807) is 60.6 Å². The number of carbonyl (C=O) groups excluding carboxylic acids is 3. The van der Waals surface area contributed by atoms with Gasteiger partial charge in [0.15, 0.2) is 0 Å².